The summed E-state index contributed by atoms with van der Waals surface area (Å²) in [4.78, 5) is 37.4. The highest BCUT2D eigenvalue weighted by atomic mass is 19.4. The molecule has 0 saturated heterocycles. The van der Waals surface area contributed by atoms with Crippen LogP contribution < -0.4 is 15.0 Å². The Morgan fingerprint density at radius 1 is 1.00 bits per heavy atom. The molecular formula is C34H35F5N4O6. The quantitative estimate of drug-likeness (QED) is 0.211. The summed E-state index contributed by atoms with van der Waals surface area (Å²) in [5.74, 6) is -4.28. The standard InChI is InChI=1S/C32H34F2N4O4.C2HF3O2/c1-19-15-27-29(20(2)36-38(27)28(16-19)41-18-23-24(33)10-8-11-25(23)34)30(39)35-17-22-14-13-21-9-6-7-12-26(21)37(22)31(40)42-32(3,4)5;3-2(4,5)1(6)7/h6-12,15-16,22H,13-14,17-18H2,1-5H3,(H,35,39);(H,6,7). The van der Waals surface area contributed by atoms with Crippen LogP contribution in [0.5, 0.6) is 5.88 Å². The molecule has 2 N–H and O–H groups in total. The lowest BCUT2D eigenvalue weighted by Gasteiger charge is -2.38. The number of halogens is 5. The molecule has 0 spiro atoms. The molecule has 49 heavy (non-hydrogen) atoms. The van der Waals surface area contributed by atoms with Gasteiger partial charge in [0, 0.05) is 12.6 Å². The van der Waals surface area contributed by atoms with Crippen LogP contribution in [0.3, 0.4) is 0 Å². The number of alkyl halides is 3. The first-order valence-electron chi connectivity index (χ1n) is 15.1. The lowest BCUT2D eigenvalue weighted by Crippen LogP contribution is -2.51. The molecule has 0 saturated carbocycles. The second kappa shape index (κ2) is 14.5. The van der Waals surface area contributed by atoms with E-state index < -0.39 is 35.5 Å². The lowest BCUT2D eigenvalue weighted by molar-refractivity contribution is -0.192. The van der Waals surface area contributed by atoms with E-state index in [9.17, 15) is 31.5 Å². The van der Waals surface area contributed by atoms with Crippen molar-refractivity contribution in [1.82, 2.24) is 14.9 Å². The minimum absolute atomic E-state index is 0.197. The van der Waals surface area contributed by atoms with Gasteiger partial charge in [-0.2, -0.15) is 22.8 Å². The molecule has 2 amide bonds. The average Bonchev–Trinajstić information content (AvgIpc) is 3.33. The van der Waals surface area contributed by atoms with Gasteiger partial charge < -0.3 is 19.9 Å². The third kappa shape index (κ3) is 8.83. The average molecular weight is 691 g/mol. The maximum absolute atomic E-state index is 14.2. The normalized spacial score (nSPS) is 14.4. The van der Waals surface area contributed by atoms with Gasteiger partial charge in [-0.25, -0.2) is 18.4 Å². The highest BCUT2D eigenvalue weighted by Gasteiger charge is 2.38. The lowest BCUT2D eigenvalue weighted by atomic mass is 9.96. The number of ether oxygens (including phenoxy) is 2. The van der Waals surface area contributed by atoms with Crippen molar-refractivity contribution in [2.45, 2.75) is 71.9 Å². The van der Waals surface area contributed by atoms with Crippen molar-refractivity contribution in [2.24, 2.45) is 0 Å². The van der Waals surface area contributed by atoms with Gasteiger partial charge in [-0.3, -0.25) is 9.69 Å². The number of aromatic nitrogens is 2. The van der Waals surface area contributed by atoms with E-state index in [4.69, 9.17) is 19.4 Å². The summed E-state index contributed by atoms with van der Waals surface area (Å²) in [7, 11) is 0. The molecule has 1 aliphatic rings. The molecule has 0 radical (unpaired) electrons. The zero-order valence-corrected chi connectivity index (χ0v) is 27.3. The number of rotatable bonds is 6. The Kier molecular flexibility index (Phi) is 10.8. The van der Waals surface area contributed by atoms with Crippen LogP contribution in [0.25, 0.3) is 5.52 Å². The van der Waals surface area contributed by atoms with Crippen LogP contribution in [0.1, 0.15) is 59.9 Å². The van der Waals surface area contributed by atoms with Gasteiger partial charge in [0.15, 0.2) is 0 Å². The molecule has 15 heteroatoms. The second-order valence-corrected chi connectivity index (χ2v) is 12.3. The number of carboxylic acid groups (broad SMARTS) is 1. The number of anilines is 1. The number of benzene rings is 2. The largest absolute Gasteiger partial charge is 0.490 e. The number of para-hydroxylation sites is 1. The monoisotopic (exact) mass is 690 g/mol. The van der Waals surface area contributed by atoms with Gasteiger partial charge in [-0.1, -0.05) is 24.3 Å². The number of carbonyl (C=O) groups excluding carboxylic acids is 2. The predicted octanol–water partition coefficient (Wildman–Crippen LogP) is 6.93. The Bertz CT molecular complexity index is 1850. The van der Waals surface area contributed by atoms with E-state index >= 15 is 0 Å². The Morgan fingerprint density at radius 3 is 2.24 bits per heavy atom. The Morgan fingerprint density at radius 2 is 1.63 bits per heavy atom. The van der Waals surface area contributed by atoms with Crippen molar-refractivity contribution in [3.05, 3.63) is 94.2 Å². The van der Waals surface area contributed by atoms with Crippen LogP contribution in [0.15, 0.2) is 54.6 Å². The minimum atomic E-state index is -5.08. The zero-order chi connectivity index (χ0) is 36.3. The Hall–Kier alpha value is -5.21. The zero-order valence-electron chi connectivity index (χ0n) is 27.3. The van der Waals surface area contributed by atoms with Crippen molar-refractivity contribution < 1.29 is 50.9 Å². The van der Waals surface area contributed by atoms with Gasteiger partial charge in [0.05, 0.1) is 34.1 Å². The van der Waals surface area contributed by atoms with Crippen LogP contribution in [0.4, 0.5) is 32.4 Å². The number of hydrogen-bond acceptors (Lipinski definition) is 6. The van der Waals surface area contributed by atoms with Gasteiger partial charge in [-0.05, 0) is 82.9 Å². The summed E-state index contributed by atoms with van der Waals surface area (Å²) in [6, 6.07) is 14.5. The van der Waals surface area contributed by atoms with E-state index in [-0.39, 0.29) is 36.5 Å². The molecule has 1 atom stereocenters. The summed E-state index contributed by atoms with van der Waals surface area (Å²) in [6.45, 7) is 8.85. The summed E-state index contributed by atoms with van der Waals surface area (Å²) in [5.41, 5.74) is 3.01. The maximum atomic E-state index is 14.2. The highest BCUT2D eigenvalue weighted by Crippen LogP contribution is 2.32. The molecule has 2 aromatic carbocycles. The number of nitrogens with one attached hydrogen (secondary N) is 1. The predicted molar refractivity (Wildman–Crippen MR) is 169 cm³/mol. The number of carboxylic acids is 1. The SMILES string of the molecule is Cc1cc(OCc2c(F)cccc2F)n2nc(C)c(C(=O)NCC3CCc4ccccc4N3C(=O)OC(C)(C)C)c2c1.O=C(O)C(F)(F)F. The maximum Gasteiger partial charge on any atom is 0.490 e. The number of aryl methyl sites for hydroxylation is 3. The van der Waals surface area contributed by atoms with Crippen molar-refractivity contribution in [2.75, 3.05) is 11.4 Å². The fraction of sp³-hybridized carbons (Fsp3) is 0.353. The van der Waals surface area contributed by atoms with Crippen LogP contribution in [-0.2, 0) is 22.6 Å². The van der Waals surface area contributed by atoms with Crippen molar-refractivity contribution in [3.8, 4) is 5.88 Å². The van der Waals surface area contributed by atoms with E-state index in [2.05, 4.69) is 10.4 Å². The van der Waals surface area contributed by atoms with Crippen LogP contribution in [0.2, 0.25) is 0 Å². The topological polar surface area (TPSA) is 122 Å². The molecule has 262 valence electrons. The summed E-state index contributed by atoms with van der Waals surface area (Å²) in [6.07, 6.45) is -4.15. The number of carbonyl (C=O) groups is 3. The molecule has 3 heterocycles. The fourth-order valence-electron chi connectivity index (χ4n) is 5.22. The summed E-state index contributed by atoms with van der Waals surface area (Å²) >= 11 is 0. The van der Waals surface area contributed by atoms with E-state index in [1.807, 2.05) is 52.0 Å². The number of hydrogen-bond donors (Lipinski definition) is 2. The Labute approximate surface area is 278 Å². The van der Waals surface area contributed by atoms with E-state index in [0.29, 0.717) is 23.2 Å². The number of pyridine rings is 1. The van der Waals surface area contributed by atoms with Crippen LogP contribution in [-0.4, -0.2) is 57.1 Å². The van der Waals surface area contributed by atoms with Gasteiger partial charge in [0.1, 0.15) is 23.8 Å². The van der Waals surface area contributed by atoms with Gasteiger partial charge in [0.25, 0.3) is 5.91 Å². The van der Waals surface area contributed by atoms with Crippen molar-refractivity contribution in [1.29, 1.82) is 0 Å². The molecule has 0 aliphatic carbocycles. The molecule has 4 aromatic rings. The number of amides is 2. The molecule has 1 aliphatic heterocycles. The number of nitrogens with zero attached hydrogens (tertiary/aromatic N) is 3. The molecule has 0 fully saturated rings. The summed E-state index contributed by atoms with van der Waals surface area (Å²) in [5, 5.41) is 14.6. The van der Waals surface area contributed by atoms with Crippen molar-refractivity contribution in [3.63, 3.8) is 0 Å². The van der Waals surface area contributed by atoms with Crippen LogP contribution in [0, 0.1) is 25.5 Å². The van der Waals surface area contributed by atoms with Gasteiger partial charge in [-0.15, -0.1) is 0 Å². The second-order valence-electron chi connectivity index (χ2n) is 12.3. The van der Waals surface area contributed by atoms with E-state index in [1.165, 1.54) is 22.7 Å². The van der Waals surface area contributed by atoms with Crippen LogP contribution >= 0.6 is 0 Å². The Balaban J connectivity index is 0.000000698. The number of aliphatic carboxylic acids is 1. The van der Waals surface area contributed by atoms with E-state index in [1.54, 1.807) is 24.0 Å². The van der Waals surface area contributed by atoms with Crippen molar-refractivity contribution >= 4 is 29.2 Å². The third-order valence-electron chi connectivity index (χ3n) is 7.37. The first-order valence-corrected chi connectivity index (χ1v) is 15.1. The highest BCUT2D eigenvalue weighted by molar-refractivity contribution is 6.02. The molecule has 0 bridgehead atoms. The smallest absolute Gasteiger partial charge is 0.475 e. The summed E-state index contributed by atoms with van der Waals surface area (Å²) < 4.78 is 73.0. The molecular weight excluding hydrogens is 655 g/mol. The minimum Gasteiger partial charge on any atom is -0.475 e. The molecule has 1 unspecified atom stereocenters. The van der Waals surface area contributed by atoms with E-state index in [0.717, 1.165) is 23.2 Å². The first kappa shape index (κ1) is 36.6. The third-order valence-corrected chi connectivity index (χ3v) is 7.37. The van der Waals surface area contributed by atoms with Gasteiger partial charge in [0.2, 0.25) is 5.88 Å². The number of fused-ring (bicyclic) bond motifs is 2. The van der Waals surface area contributed by atoms with Gasteiger partial charge >= 0.3 is 18.2 Å². The first-order chi connectivity index (χ1) is 22.9. The fourth-order valence-corrected chi connectivity index (χ4v) is 5.22. The molecule has 5 rings (SSSR count). The molecule has 10 nitrogen and oxygen atoms in total. The molecule has 2 aromatic heterocycles.